The first-order chi connectivity index (χ1) is 4.83. The van der Waals surface area contributed by atoms with E-state index >= 15 is 0 Å². The van der Waals surface area contributed by atoms with Crippen molar-refractivity contribution < 1.29 is 4.79 Å². The molecule has 1 saturated heterocycles. The summed E-state index contributed by atoms with van der Waals surface area (Å²) in [5.74, 6) is 0. The predicted octanol–water partition coefficient (Wildman–Crippen LogP) is 0.174. The quantitative estimate of drug-likeness (QED) is 0.570. The number of hydrazine groups is 1. The highest BCUT2D eigenvalue weighted by Crippen LogP contribution is 2.03. The average Bonchev–Trinajstić information content (AvgIpc) is 2.40. The van der Waals surface area contributed by atoms with E-state index in [0.717, 1.165) is 19.4 Å². The number of hydrogen-bond acceptors (Lipinski definition) is 3. The van der Waals surface area contributed by atoms with Gasteiger partial charge in [-0.2, -0.15) is 0 Å². The van der Waals surface area contributed by atoms with Crippen molar-refractivity contribution >= 4 is 6.29 Å². The van der Waals surface area contributed by atoms with Gasteiger partial charge in [-0.25, -0.2) is 10.4 Å². The number of carbonyl (C=O) groups is 1. The van der Waals surface area contributed by atoms with Crippen molar-refractivity contribution in [2.75, 3.05) is 13.1 Å². The van der Waals surface area contributed by atoms with Gasteiger partial charge in [-0.1, -0.05) is 0 Å². The first-order valence-corrected chi connectivity index (χ1v) is 3.79. The third-order valence-corrected chi connectivity index (χ3v) is 1.70. The topological polar surface area (TPSA) is 32.3 Å². The van der Waals surface area contributed by atoms with E-state index in [1.807, 2.05) is 6.92 Å². The third kappa shape index (κ3) is 2.08. The highest BCUT2D eigenvalue weighted by Gasteiger charge is 2.12. The van der Waals surface area contributed by atoms with Crippen LogP contribution in [0, 0.1) is 0 Å². The second kappa shape index (κ2) is 3.68. The van der Waals surface area contributed by atoms with Gasteiger partial charge in [-0.15, -0.1) is 0 Å². The fourth-order valence-corrected chi connectivity index (χ4v) is 1.16. The molecule has 1 atom stereocenters. The fourth-order valence-electron chi connectivity index (χ4n) is 1.16. The standard InChI is InChI=1S/C7H14N2O/c1-7(6-10)8-9-4-2-3-5-9/h6-8H,2-5H2,1H3. The van der Waals surface area contributed by atoms with Gasteiger partial charge in [0.25, 0.3) is 0 Å². The maximum absolute atomic E-state index is 10.2. The Hall–Kier alpha value is -0.410. The monoisotopic (exact) mass is 142 g/mol. The Morgan fingerprint density at radius 2 is 2.10 bits per heavy atom. The van der Waals surface area contributed by atoms with Crippen molar-refractivity contribution in [3.05, 3.63) is 0 Å². The Morgan fingerprint density at radius 1 is 1.50 bits per heavy atom. The highest BCUT2D eigenvalue weighted by molar-refractivity contribution is 5.56. The van der Waals surface area contributed by atoms with E-state index in [2.05, 4.69) is 10.4 Å². The van der Waals surface area contributed by atoms with Crippen LogP contribution >= 0.6 is 0 Å². The Kier molecular flexibility index (Phi) is 2.83. The Morgan fingerprint density at radius 3 is 2.60 bits per heavy atom. The molecular weight excluding hydrogens is 128 g/mol. The lowest BCUT2D eigenvalue weighted by molar-refractivity contribution is -0.110. The van der Waals surface area contributed by atoms with E-state index in [1.165, 1.54) is 12.8 Å². The summed E-state index contributed by atoms with van der Waals surface area (Å²) in [6.45, 7) is 4.03. The molecule has 0 aliphatic carbocycles. The lowest BCUT2D eigenvalue weighted by atomic mass is 10.4. The van der Waals surface area contributed by atoms with Gasteiger partial charge in [0, 0.05) is 13.1 Å². The molecule has 0 spiro atoms. The lowest BCUT2D eigenvalue weighted by Crippen LogP contribution is -2.42. The van der Waals surface area contributed by atoms with E-state index in [1.54, 1.807) is 0 Å². The number of nitrogens with one attached hydrogen (secondary N) is 1. The van der Waals surface area contributed by atoms with Gasteiger partial charge in [0.15, 0.2) is 0 Å². The molecule has 1 fully saturated rings. The molecule has 0 aromatic heterocycles. The highest BCUT2D eigenvalue weighted by atomic mass is 16.1. The number of carbonyl (C=O) groups excluding carboxylic acids is 1. The summed E-state index contributed by atoms with van der Waals surface area (Å²) in [6.07, 6.45) is 3.43. The molecule has 0 radical (unpaired) electrons. The minimum Gasteiger partial charge on any atom is -0.302 e. The summed E-state index contributed by atoms with van der Waals surface area (Å²) in [6, 6.07) is -0.0295. The first-order valence-electron chi connectivity index (χ1n) is 3.79. The van der Waals surface area contributed by atoms with Crippen LogP contribution in [0.5, 0.6) is 0 Å². The second-order valence-electron chi connectivity index (χ2n) is 2.75. The fraction of sp³-hybridized carbons (Fsp3) is 0.857. The Balaban J connectivity index is 2.17. The smallest absolute Gasteiger partial charge is 0.137 e. The first kappa shape index (κ1) is 7.69. The molecule has 3 heteroatoms. The summed E-state index contributed by atoms with van der Waals surface area (Å²) in [7, 11) is 0. The molecule has 1 aliphatic rings. The molecule has 0 amide bonds. The molecule has 1 N–H and O–H groups in total. The summed E-state index contributed by atoms with van der Waals surface area (Å²) in [4.78, 5) is 10.2. The van der Waals surface area contributed by atoms with Crippen LogP contribution in [0.15, 0.2) is 0 Å². The van der Waals surface area contributed by atoms with E-state index in [0.29, 0.717) is 0 Å². The van der Waals surface area contributed by atoms with Crippen LogP contribution in [0.25, 0.3) is 0 Å². The predicted molar refractivity (Wildman–Crippen MR) is 39.5 cm³/mol. The van der Waals surface area contributed by atoms with Crippen LogP contribution in [0.3, 0.4) is 0 Å². The molecule has 0 aromatic rings. The van der Waals surface area contributed by atoms with Crippen molar-refractivity contribution in [2.24, 2.45) is 0 Å². The zero-order valence-corrected chi connectivity index (χ0v) is 6.34. The largest absolute Gasteiger partial charge is 0.302 e. The minimum atomic E-state index is -0.0295. The molecule has 1 heterocycles. The van der Waals surface area contributed by atoms with Crippen LogP contribution in [-0.4, -0.2) is 30.4 Å². The molecule has 0 bridgehead atoms. The molecule has 10 heavy (non-hydrogen) atoms. The van der Waals surface area contributed by atoms with Crippen molar-refractivity contribution in [3.8, 4) is 0 Å². The molecule has 1 aliphatic heterocycles. The summed E-state index contributed by atoms with van der Waals surface area (Å²) in [5.41, 5.74) is 3.09. The van der Waals surface area contributed by atoms with Gasteiger partial charge in [0.1, 0.15) is 6.29 Å². The van der Waals surface area contributed by atoms with Crippen LogP contribution in [0.1, 0.15) is 19.8 Å². The SMILES string of the molecule is CC(C=O)NN1CCCC1. The minimum absolute atomic E-state index is 0.0295. The van der Waals surface area contributed by atoms with Gasteiger partial charge >= 0.3 is 0 Å². The van der Waals surface area contributed by atoms with E-state index < -0.39 is 0 Å². The molecule has 58 valence electrons. The number of rotatable bonds is 3. The molecular formula is C7H14N2O. The summed E-state index contributed by atoms with van der Waals surface area (Å²) < 4.78 is 0. The van der Waals surface area contributed by atoms with Gasteiger partial charge in [0.2, 0.25) is 0 Å². The second-order valence-corrected chi connectivity index (χ2v) is 2.75. The van der Waals surface area contributed by atoms with Crippen LogP contribution < -0.4 is 5.43 Å². The van der Waals surface area contributed by atoms with Crippen LogP contribution in [0.4, 0.5) is 0 Å². The van der Waals surface area contributed by atoms with Gasteiger partial charge in [-0.3, -0.25) is 0 Å². The molecule has 1 unspecified atom stereocenters. The van der Waals surface area contributed by atoms with Crippen molar-refractivity contribution in [1.82, 2.24) is 10.4 Å². The molecule has 3 nitrogen and oxygen atoms in total. The summed E-state index contributed by atoms with van der Waals surface area (Å²) in [5, 5.41) is 2.11. The summed E-state index contributed by atoms with van der Waals surface area (Å²) >= 11 is 0. The number of nitrogens with zero attached hydrogens (tertiary/aromatic N) is 1. The molecule has 0 saturated carbocycles. The average molecular weight is 142 g/mol. The normalized spacial score (nSPS) is 22.9. The van der Waals surface area contributed by atoms with E-state index in [4.69, 9.17) is 0 Å². The maximum Gasteiger partial charge on any atom is 0.137 e. The Bertz CT molecular complexity index is 110. The zero-order valence-electron chi connectivity index (χ0n) is 6.34. The van der Waals surface area contributed by atoms with Crippen LogP contribution in [-0.2, 0) is 4.79 Å². The third-order valence-electron chi connectivity index (χ3n) is 1.70. The number of aldehydes is 1. The maximum atomic E-state index is 10.2. The Labute approximate surface area is 61.4 Å². The molecule has 1 rings (SSSR count). The molecule has 0 aromatic carbocycles. The van der Waals surface area contributed by atoms with Gasteiger partial charge in [0.05, 0.1) is 6.04 Å². The van der Waals surface area contributed by atoms with E-state index in [-0.39, 0.29) is 6.04 Å². The van der Waals surface area contributed by atoms with Gasteiger partial charge in [-0.05, 0) is 19.8 Å². The van der Waals surface area contributed by atoms with Gasteiger partial charge < -0.3 is 4.79 Å². The van der Waals surface area contributed by atoms with Crippen molar-refractivity contribution in [3.63, 3.8) is 0 Å². The number of hydrogen-bond donors (Lipinski definition) is 1. The van der Waals surface area contributed by atoms with Crippen molar-refractivity contribution in [1.29, 1.82) is 0 Å². The van der Waals surface area contributed by atoms with Crippen molar-refractivity contribution in [2.45, 2.75) is 25.8 Å². The zero-order chi connectivity index (χ0) is 7.40. The van der Waals surface area contributed by atoms with E-state index in [9.17, 15) is 4.79 Å². The lowest BCUT2D eigenvalue weighted by Gasteiger charge is -2.18. The van der Waals surface area contributed by atoms with Crippen LogP contribution in [0.2, 0.25) is 0 Å².